The SMILES string of the molecule is COCCNCCNS(=O)(=O)c1ccc(C2(C(=O)OC)CC2)cc1.Cl. The fourth-order valence-electron chi connectivity index (χ4n) is 2.54. The van der Waals surface area contributed by atoms with Crippen molar-refractivity contribution in [1.29, 1.82) is 0 Å². The van der Waals surface area contributed by atoms with Crippen LogP contribution in [0.3, 0.4) is 0 Å². The second-order valence-electron chi connectivity index (χ2n) is 5.74. The zero-order valence-corrected chi connectivity index (χ0v) is 16.0. The second kappa shape index (κ2) is 9.49. The van der Waals surface area contributed by atoms with E-state index in [1.54, 1.807) is 19.2 Å². The minimum absolute atomic E-state index is 0. The van der Waals surface area contributed by atoms with Crippen molar-refractivity contribution in [2.75, 3.05) is 40.5 Å². The van der Waals surface area contributed by atoms with Gasteiger partial charge in [0.05, 0.1) is 24.0 Å². The first-order valence-electron chi connectivity index (χ1n) is 7.84. The number of esters is 1. The van der Waals surface area contributed by atoms with Crippen LogP contribution in [0.25, 0.3) is 0 Å². The highest BCUT2D eigenvalue weighted by Crippen LogP contribution is 2.49. The largest absolute Gasteiger partial charge is 0.468 e. The van der Waals surface area contributed by atoms with Crippen molar-refractivity contribution < 1.29 is 22.7 Å². The quantitative estimate of drug-likeness (QED) is 0.452. The van der Waals surface area contributed by atoms with Crippen molar-refractivity contribution in [1.82, 2.24) is 10.0 Å². The molecule has 1 fully saturated rings. The van der Waals surface area contributed by atoms with Crippen LogP contribution < -0.4 is 10.0 Å². The van der Waals surface area contributed by atoms with E-state index in [0.29, 0.717) is 26.2 Å². The molecule has 0 amide bonds. The Balaban J connectivity index is 0.00000312. The Bertz CT molecular complexity index is 660. The van der Waals surface area contributed by atoms with Crippen LogP contribution in [0, 0.1) is 0 Å². The zero-order valence-electron chi connectivity index (χ0n) is 14.4. The Morgan fingerprint density at radius 3 is 2.28 bits per heavy atom. The van der Waals surface area contributed by atoms with E-state index in [1.807, 2.05) is 0 Å². The van der Waals surface area contributed by atoms with E-state index in [4.69, 9.17) is 9.47 Å². The number of carbonyl (C=O) groups is 1. The van der Waals surface area contributed by atoms with Gasteiger partial charge in [-0.2, -0.15) is 0 Å². The highest BCUT2D eigenvalue weighted by molar-refractivity contribution is 7.89. The zero-order chi connectivity index (χ0) is 17.6. The molecular weight excluding hydrogens is 368 g/mol. The fraction of sp³-hybridized carbons (Fsp3) is 0.562. The summed E-state index contributed by atoms with van der Waals surface area (Å²) in [5.41, 5.74) is 0.213. The summed E-state index contributed by atoms with van der Waals surface area (Å²) >= 11 is 0. The molecule has 2 N–H and O–H groups in total. The number of hydrogen-bond donors (Lipinski definition) is 2. The Morgan fingerprint density at radius 1 is 1.12 bits per heavy atom. The predicted molar refractivity (Wildman–Crippen MR) is 96.6 cm³/mol. The lowest BCUT2D eigenvalue weighted by Gasteiger charge is -2.14. The molecule has 1 aliphatic carbocycles. The Kier molecular flexibility index (Phi) is 8.30. The van der Waals surface area contributed by atoms with Gasteiger partial charge in [-0.3, -0.25) is 4.79 Å². The molecule has 0 unspecified atom stereocenters. The van der Waals surface area contributed by atoms with Gasteiger partial charge in [0, 0.05) is 26.7 Å². The van der Waals surface area contributed by atoms with Gasteiger partial charge in [0.25, 0.3) is 0 Å². The first-order valence-corrected chi connectivity index (χ1v) is 9.33. The number of ether oxygens (including phenoxy) is 2. The molecule has 0 saturated heterocycles. The standard InChI is InChI=1S/C16H24N2O5S.ClH/c1-22-12-11-17-9-10-18-24(20,21)14-5-3-13(4-6-14)16(7-8-16)15(19)23-2;/h3-6,17-18H,7-12H2,1-2H3;1H. The molecule has 1 aromatic rings. The van der Waals surface area contributed by atoms with Crippen LogP contribution in [0.2, 0.25) is 0 Å². The van der Waals surface area contributed by atoms with Gasteiger partial charge in [-0.05, 0) is 30.5 Å². The summed E-state index contributed by atoms with van der Waals surface area (Å²) < 4.78 is 36.7. The normalized spacial score (nSPS) is 15.3. The molecule has 9 heteroatoms. The maximum Gasteiger partial charge on any atom is 0.316 e. The number of nitrogens with one attached hydrogen (secondary N) is 2. The monoisotopic (exact) mass is 392 g/mol. The summed E-state index contributed by atoms with van der Waals surface area (Å²) in [7, 11) is -0.580. The Hall–Kier alpha value is -1.19. The lowest BCUT2D eigenvalue weighted by atomic mass is 9.96. The van der Waals surface area contributed by atoms with Crippen LogP contribution in [-0.2, 0) is 29.7 Å². The molecule has 0 atom stereocenters. The van der Waals surface area contributed by atoms with Gasteiger partial charge in [-0.15, -0.1) is 12.4 Å². The summed E-state index contributed by atoms with van der Waals surface area (Å²) in [5, 5.41) is 3.06. The van der Waals surface area contributed by atoms with E-state index in [0.717, 1.165) is 18.4 Å². The van der Waals surface area contributed by atoms with Crippen LogP contribution in [0.1, 0.15) is 18.4 Å². The fourth-order valence-corrected chi connectivity index (χ4v) is 3.57. The molecule has 2 rings (SSSR count). The number of carbonyl (C=O) groups excluding carboxylic acids is 1. The molecule has 0 spiro atoms. The third kappa shape index (κ3) is 5.39. The molecule has 1 saturated carbocycles. The van der Waals surface area contributed by atoms with E-state index >= 15 is 0 Å². The molecule has 1 aliphatic rings. The maximum atomic E-state index is 12.2. The number of benzene rings is 1. The molecule has 1 aromatic carbocycles. The molecule has 0 bridgehead atoms. The van der Waals surface area contributed by atoms with E-state index in [9.17, 15) is 13.2 Å². The molecule has 0 aromatic heterocycles. The third-order valence-corrected chi connectivity index (χ3v) is 5.60. The van der Waals surface area contributed by atoms with Crippen LogP contribution in [0.15, 0.2) is 29.2 Å². The highest BCUT2D eigenvalue weighted by Gasteiger charge is 2.52. The highest BCUT2D eigenvalue weighted by atomic mass is 35.5. The van der Waals surface area contributed by atoms with E-state index in [-0.39, 0.29) is 23.3 Å². The van der Waals surface area contributed by atoms with E-state index in [1.165, 1.54) is 19.2 Å². The number of halogens is 1. The summed E-state index contributed by atoms with van der Waals surface area (Å²) in [5.74, 6) is -0.265. The van der Waals surface area contributed by atoms with Crippen LogP contribution in [0.5, 0.6) is 0 Å². The van der Waals surface area contributed by atoms with Gasteiger partial charge in [0.1, 0.15) is 0 Å². The maximum absolute atomic E-state index is 12.2. The molecule has 0 radical (unpaired) electrons. The van der Waals surface area contributed by atoms with Crippen molar-refractivity contribution in [2.24, 2.45) is 0 Å². The minimum atomic E-state index is -3.56. The molecule has 142 valence electrons. The average Bonchev–Trinajstić information content (AvgIpc) is 3.39. The Labute approximate surface area is 154 Å². The van der Waals surface area contributed by atoms with Crippen LogP contribution in [0.4, 0.5) is 0 Å². The van der Waals surface area contributed by atoms with Crippen molar-refractivity contribution in [3.63, 3.8) is 0 Å². The summed E-state index contributed by atoms with van der Waals surface area (Å²) in [4.78, 5) is 12.0. The summed E-state index contributed by atoms with van der Waals surface area (Å²) in [6.07, 6.45) is 1.47. The van der Waals surface area contributed by atoms with Gasteiger partial charge in [-0.1, -0.05) is 12.1 Å². The number of rotatable bonds is 10. The third-order valence-electron chi connectivity index (χ3n) is 4.12. The second-order valence-corrected chi connectivity index (χ2v) is 7.51. The predicted octanol–water partition coefficient (Wildman–Crippen LogP) is 0.827. The molecular formula is C16H25ClN2O5S. The number of methoxy groups -OCH3 is 2. The van der Waals surface area contributed by atoms with E-state index in [2.05, 4.69) is 10.0 Å². The number of sulfonamides is 1. The van der Waals surface area contributed by atoms with Crippen LogP contribution >= 0.6 is 12.4 Å². The first-order chi connectivity index (χ1) is 11.5. The van der Waals surface area contributed by atoms with Crippen molar-refractivity contribution >= 4 is 28.4 Å². The van der Waals surface area contributed by atoms with Gasteiger partial charge in [-0.25, -0.2) is 13.1 Å². The van der Waals surface area contributed by atoms with E-state index < -0.39 is 15.4 Å². The minimum Gasteiger partial charge on any atom is -0.468 e. The molecule has 0 heterocycles. The average molecular weight is 393 g/mol. The first kappa shape index (κ1) is 21.9. The van der Waals surface area contributed by atoms with Gasteiger partial charge < -0.3 is 14.8 Å². The lowest BCUT2D eigenvalue weighted by Crippen LogP contribution is -2.33. The topological polar surface area (TPSA) is 93.7 Å². The van der Waals surface area contributed by atoms with Gasteiger partial charge in [0.15, 0.2) is 0 Å². The lowest BCUT2D eigenvalue weighted by molar-refractivity contribution is -0.143. The van der Waals surface area contributed by atoms with Gasteiger partial charge in [0.2, 0.25) is 10.0 Å². The smallest absolute Gasteiger partial charge is 0.316 e. The van der Waals surface area contributed by atoms with Crippen molar-refractivity contribution in [3.05, 3.63) is 29.8 Å². The molecule has 0 aliphatic heterocycles. The Morgan fingerprint density at radius 2 is 1.76 bits per heavy atom. The molecule has 7 nitrogen and oxygen atoms in total. The van der Waals surface area contributed by atoms with Crippen LogP contribution in [-0.4, -0.2) is 54.8 Å². The van der Waals surface area contributed by atoms with Gasteiger partial charge >= 0.3 is 5.97 Å². The summed E-state index contributed by atoms with van der Waals surface area (Å²) in [6.45, 7) is 2.06. The molecule has 25 heavy (non-hydrogen) atoms. The van der Waals surface area contributed by atoms with Crippen molar-refractivity contribution in [2.45, 2.75) is 23.2 Å². The van der Waals surface area contributed by atoms with Crippen molar-refractivity contribution in [3.8, 4) is 0 Å². The summed E-state index contributed by atoms with van der Waals surface area (Å²) in [6, 6.07) is 6.43. The number of hydrogen-bond acceptors (Lipinski definition) is 6.